The average molecular weight is 522 g/mol. The number of carbonyl (C=O) groups excluding carboxylic acids is 2. The molecule has 2 aromatic rings. The number of benzene rings is 1. The molecule has 1 aromatic carbocycles. The van der Waals surface area contributed by atoms with Gasteiger partial charge in [-0.15, -0.1) is 0 Å². The van der Waals surface area contributed by atoms with Crippen molar-refractivity contribution in [1.29, 1.82) is 0 Å². The second-order valence-corrected chi connectivity index (χ2v) is 11.9. The summed E-state index contributed by atoms with van der Waals surface area (Å²) in [5.74, 6) is -0.150. The molecule has 7 heteroatoms. The number of nitrogens with zero attached hydrogens (tertiary/aromatic N) is 2. The molecule has 0 radical (unpaired) electrons. The molecule has 2 amide bonds. The summed E-state index contributed by atoms with van der Waals surface area (Å²) in [5.41, 5.74) is 0.590. The van der Waals surface area contributed by atoms with E-state index >= 15 is 0 Å². The number of hydrogen-bond acceptors (Lipinski definition) is 4. The SMILES string of the molecule is Cc1nc2cccc([I-]C3CCCCCCCC3)c2c(=O)n1[C@@H]1CCC(=O)NC1=O. The van der Waals surface area contributed by atoms with Crippen molar-refractivity contribution in [2.75, 3.05) is 0 Å². The topological polar surface area (TPSA) is 81.1 Å². The summed E-state index contributed by atoms with van der Waals surface area (Å²) in [6.45, 7) is 1.77. The first kappa shape index (κ1) is 21.5. The van der Waals surface area contributed by atoms with Crippen LogP contribution in [0.1, 0.15) is 76.1 Å². The zero-order valence-electron chi connectivity index (χ0n) is 17.5. The molecule has 2 fully saturated rings. The number of alkyl halides is 1. The van der Waals surface area contributed by atoms with E-state index in [9.17, 15) is 14.4 Å². The Bertz CT molecular complexity index is 1010. The number of amides is 2. The van der Waals surface area contributed by atoms with Crippen molar-refractivity contribution in [2.45, 2.75) is 81.1 Å². The summed E-state index contributed by atoms with van der Waals surface area (Å²) in [4.78, 5) is 42.3. The number of piperidine rings is 1. The van der Waals surface area contributed by atoms with Gasteiger partial charge in [-0.3, -0.25) is 0 Å². The van der Waals surface area contributed by atoms with E-state index in [2.05, 4.69) is 16.4 Å². The maximum absolute atomic E-state index is 13.6. The molecule has 2 heterocycles. The summed E-state index contributed by atoms with van der Waals surface area (Å²) < 4.78 is 3.35. The normalized spacial score (nSPS) is 21.8. The Morgan fingerprint density at radius 1 is 1.00 bits per heavy atom. The van der Waals surface area contributed by atoms with Gasteiger partial charge >= 0.3 is 187 Å². The number of aryl methyl sites for hydroxylation is 1. The van der Waals surface area contributed by atoms with Crippen LogP contribution < -0.4 is 32.1 Å². The first-order chi connectivity index (χ1) is 14.5. The molecule has 1 aliphatic heterocycles. The first-order valence-corrected chi connectivity index (χ1v) is 13.4. The molecule has 1 saturated heterocycles. The summed E-state index contributed by atoms with van der Waals surface area (Å²) in [6.07, 6.45) is 11.0. The molecule has 1 aromatic heterocycles. The fourth-order valence-electron chi connectivity index (χ4n) is 4.56. The molecule has 30 heavy (non-hydrogen) atoms. The van der Waals surface area contributed by atoms with Crippen molar-refractivity contribution >= 4 is 22.7 Å². The van der Waals surface area contributed by atoms with Gasteiger partial charge in [0.05, 0.1) is 0 Å². The third-order valence-electron chi connectivity index (χ3n) is 6.13. The van der Waals surface area contributed by atoms with Crippen molar-refractivity contribution < 1.29 is 30.8 Å². The molecule has 1 atom stereocenters. The van der Waals surface area contributed by atoms with Gasteiger partial charge in [-0.05, 0) is 0 Å². The van der Waals surface area contributed by atoms with Crippen LogP contribution in [0, 0.1) is 10.5 Å². The van der Waals surface area contributed by atoms with Crippen molar-refractivity contribution in [2.24, 2.45) is 0 Å². The van der Waals surface area contributed by atoms with Crippen LogP contribution >= 0.6 is 0 Å². The van der Waals surface area contributed by atoms with E-state index in [0.717, 1.165) is 9.09 Å². The number of rotatable bonds is 3. The maximum atomic E-state index is 13.6. The molecule has 4 rings (SSSR count). The van der Waals surface area contributed by atoms with Crippen LogP contribution in [0.4, 0.5) is 0 Å². The monoisotopic (exact) mass is 522 g/mol. The van der Waals surface area contributed by atoms with Gasteiger partial charge in [-0.1, -0.05) is 0 Å². The molecule has 162 valence electrons. The predicted octanol–water partition coefficient (Wildman–Crippen LogP) is 0.444. The standard InChI is InChI=1S/C23H29IN3O3/c1-15-25-18-12-8-11-17(24-16-9-6-4-2-3-5-7-10-16)21(18)23(30)27(15)19-13-14-20(28)26-22(19)29/h8,11-12,16,19H,2-7,9-10,13-14H2,1H3,(H,26,28,29)/q-1/t19-/m1/s1. The van der Waals surface area contributed by atoms with Crippen LogP contribution in [-0.4, -0.2) is 25.3 Å². The van der Waals surface area contributed by atoms with Crippen LogP contribution in [0.15, 0.2) is 23.0 Å². The third-order valence-corrected chi connectivity index (χ3v) is 9.83. The minimum atomic E-state index is -0.664. The summed E-state index contributed by atoms with van der Waals surface area (Å²) >= 11 is -0.323. The number of carbonyl (C=O) groups is 2. The zero-order chi connectivity index (χ0) is 21.1. The fraction of sp³-hybridized carbons (Fsp3) is 0.565. The number of aromatic nitrogens is 2. The van der Waals surface area contributed by atoms with Crippen LogP contribution in [0.25, 0.3) is 10.9 Å². The molecule has 1 N–H and O–H groups in total. The Morgan fingerprint density at radius 2 is 1.70 bits per heavy atom. The van der Waals surface area contributed by atoms with Gasteiger partial charge in [-0.2, -0.15) is 0 Å². The summed E-state index contributed by atoms with van der Waals surface area (Å²) in [7, 11) is 0. The Kier molecular flexibility index (Phi) is 6.85. The molecule has 1 aliphatic carbocycles. The predicted molar refractivity (Wildman–Crippen MR) is 112 cm³/mol. The summed E-state index contributed by atoms with van der Waals surface area (Å²) in [6, 6.07) is 5.34. The molecule has 6 nitrogen and oxygen atoms in total. The Hall–Kier alpha value is -1.77. The van der Waals surface area contributed by atoms with E-state index in [1.165, 1.54) is 55.9 Å². The Labute approximate surface area is 187 Å². The van der Waals surface area contributed by atoms with Crippen LogP contribution in [-0.2, 0) is 9.59 Å². The Morgan fingerprint density at radius 3 is 2.40 bits per heavy atom. The average Bonchev–Trinajstić information content (AvgIpc) is 2.83. The minimum absolute atomic E-state index is 0.134. The molecule has 0 unspecified atom stereocenters. The quantitative estimate of drug-likeness (QED) is 0.361. The van der Waals surface area contributed by atoms with E-state index in [0.29, 0.717) is 21.6 Å². The van der Waals surface area contributed by atoms with E-state index in [1.807, 2.05) is 12.1 Å². The van der Waals surface area contributed by atoms with Gasteiger partial charge in [0.1, 0.15) is 0 Å². The van der Waals surface area contributed by atoms with Crippen molar-refractivity contribution in [3.63, 3.8) is 0 Å². The molecular weight excluding hydrogens is 493 g/mol. The van der Waals surface area contributed by atoms with E-state index < -0.39 is 11.9 Å². The van der Waals surface area contributed by atoms with Crippen LogP contribution in [0.2, 0.25) is 0 Å². The second-order valence-electron chi connectivity index (χ2n) is 8.34. The summed E-state index contributed by atoms with van der Waals surface area (Å²) in [5, 5.41) is 3.05. The fourth-order valence-corrected chi connectivity index (χ4v) is 8.24. The van der Waals surface area contributed by atoms with Gasteiger partial charge in [-0.25, -0.2) is 0 Å². The van der Waals surface area contributed by atoms with Crippen LogP contribution in [0.5, 0.6) is 0 Å². The number of hydrogen-bond donors (Lipinski definition) is 1. The van der Waals surface area contributed by atoms with Crippen LogP contribution in [0.3, 0.4) is 0 Å². The van der Waals surface area contributed by atoms with E-state index in [4.69, 9.17) is 0 Å². The van der Waals surface area contributed by atoms with E-state index in [1.54, 1.807) is 6.92 Å². The number of halogens is 1. The second kappa shape index (κ2) is 9.58. The number of imide groups is 1. The molecule has 0 bridgehead atoms. The van der Waals surface area contributed by atoms with Crippen molar-refractivity contribution in [1.82, 2.24) is 14.9 Å². The van der Waals surface area contributed by atoms with Gasteiger partial charge in [0, 0.05) is 0 Å². The molecule has 0 spiro atoms. The number of fused-ring (bicyclic) bond motifs is 1. The van der Waals surface area contributed by atoms with Gasteiger partial charge in [0.25, 0.3) is 0 Å². The van der Waals surface area contributed by atoms with Crippen molar-refractivity contribution in [3.05, 3.63) is 37.9 Å². The van der Waals surface area contributed by atoms with Crippen molar-refractivity contribution in [3.8, 4) is 0 Å². The molecular formula is C23H29IN3O3-. The third kappa shape index (κ3) is 4.60. The van der Waals surface area contributed by atoms with Gasteiger partial charge in [0.15, 0.2) is 0 Å². The number of nitrogens with one attached hydrogen (secondary N) is 1. The molecule has 1 saturated carbocycles. The Balaban J connectivity index is 1.71. The van der Waals surface area contributed by atoms with Gasteiger partial charge in [0.2, 0.25) is 0 Å². The van der Waals surface area contributed by atoms with E-state index in [-0.39, 0.29) is 39.1 Å². The molecule has 2 aliphatic rings. The zero-order valence-corrected chi connectivity index (χ0v) is 19.6. The first-order valence-electron chi connectivity index (χ1n) is 11.0. The van der Waals surface area contributed by atoms with Gasteiger partial charge < -0.3 is 0 Å².